The summed E-state index contributed by atoms with van der Waals surface area (Å²) in [6, 6.07) is 17.3. The molecular weight excluding hydrogens is 340 g/mol. The number of benzene rings is 2. The van der Waals surface area contributed by atoms with Crippen molar-refractivity contribution in [1.29, 1.82) is 0 Å². The molecule has 0 aliphatic rings. The molecule has 0 fully saturated rings. The van der Waals surface area contributed by atoms with Crippen molar-refractivity contribution in [3.05, 3.63) is 77.6 Å². The molecule has 0 spiro atoms. The van der Waals surface area contributed by atoms with Gasteiger partial charge in [-0.3, -0.25) is 4.79 Å². The molecule has 0 radical (unpaired) electrons. The molecule has 6 nitrogen and oxygen atoms in total. The predicted octanol–water partition coefficient (Wildman–Crippen LogP) is 3.32. The highest BCUT2D eigenvalue weighted by atomic mass is 16.5. The Morgan fingerprint density at radius 1 is 1.11 bits per heavy atom. The lowest BCUT2D eigenvalue weighted by atomic mass is 9.98. The number of carbonyl (C=O) groups excluding carboxylic acids is 1. The highest BCUT2D eigenvalue weighted by Crippen LogP contribution is 2.25. The highest BCUT2D eigenvalue weighted by Gasteiger charge is 2.18. The second-order valence-corrected chi connectivity index (χ2v) is 6.68. The Labute approximate surface area is 159 Å². The number of aromatic nitrogens is 3. The third-order valence-electron chi connectivity index (χ3n) is 4.32. The van der Waals surface area contributed by atoms with Crippen LogP contribution in [0.25, 0.3) is 0 Å². The fourth-order valence-corrected chi connectivity index (χ4v) is 2.83. The Kier molecular flexibility index (Phi) is 5.86. The summed E-state index contributed by atoms with van der Waals surface area (Å²) in [4.78, 5) is 12.7. The number of hydrogen-bond acceptors (Lipinski definition) is 4. The number of amides is 1. The zero-order valence-electron chi connectivity index (χ0n) is 15.8. The van der Waals surface area contributed by atoms with E-state index in [-0.39, 0.29) is 24.4 Å². The summed E-state index contributed by atoms with van der Waals surface area (Å²) in [6.07, 6.45) is 1.81. The molecule has 1 atom stereocenters. The van der Waals surface area contributed by atoms with E-state index in [0.717, 1.165) is 22.6 Å². The maximum atomic E-state index is 12.7. The zero-order valence-corrected chi connectivity index (χ0v) is 15.8. The number of rotatable bonds is 7. The van der Waals surface area contributed by atoms with Crippen LogP contribution in [0, 0.1) is 0 Å². The summed E-state index contributed by atoms with van der Waals surface area (Å²) in [5, 5.41) is 11.3. The van der Waals surface area contributed by atoms with Crippen LogP contribution in [0.3, 0.4) is 0 Å². The first-order valence-corrected chi connectivity index (χ1v) is 8.95. The van der Waals surface area contributed by atoms with Gasteiger partial charge in [0.25, 0.3) is 0 Å². The van der Waals surface area contributed by atoms with Gasteiger partial charge in [-0.1, -0.05) is 61.5 Å². The molecule has 1 aromatic heterocycles. The summed E-state index contributed by atoms with van der Waals surface area (Å²) in [7, 11) is 1.63. The van der Waals surface area contributed by atoms with E-state index >= 15 is 0 Å². The van der Waals surface area contributed by atoms with Crippen LogP contribution < -0.4 is 10.1 Å². The van der Waals surface area contributed by atoms with Crippen molar-refractivity contribution in [2.45, 2.75) is 32.4 Å². The first-order valence-electron chi connectivity index (χ1n) is 8.95. The summed E-state index contributed by atoms with van der Waals surface area (Å²) < 4.78 is 6.90. The van der Waals surface area contributed by atoms with E-state index in [0.29, 0.717) is 0 Å². The molecule has 0 unspecified atom stereocenters. The molecule has 27 heavy (non-hydrogen) atoms. The maximum Gasteiger partial charge on any atom is 0.242 e. The fourth-order valence-electron chi connectivity index (χ4n) is 2.83. The highest BCUT2D eigenvalue weighted by molar-refractivity contribution is 5.76. The Balaban J connectivity index is 1.81. The largest absolute Gasteiger partial charge is 0.497 e. The smallest absolute Gasteiger partial charge is 0.242 e. The zero-order chi connectivity index (χ0) is 19.2. The van der Waals surface area contributed by atoms with Crippen LogP contribution in [-0.2, 0) is 11.3 Å². The number of methoxy groups -OCH3 is 1. The van der Waals surface area contributed by atoms with Crippen molar-refractivity contribution in [2.24, 2.45) is 0 Å². The van der Waals surface area contributed by atoms with Crippen LogP contribution in [0.15, 0.2) is 60.8 Å². The molecule has 0 bridgehead atoms. The van der Waals surface area contributed by atoms with Crippen LogP contribution in [0.1, 0.15) is 42.6 Å². The number of ether oxygens (including phenoxy) is 1. The number of nitrogens with zero attached hydrogens (tertiary/aromatic N) is 3. The van der Waals surface area contributed by atoms with E-state index in [4.69, 9.17) is 4.74 Å². The van der Waals surface area contributed by atoms with Crippen LogP contribution in [-0.4, -0.2) is 28.0 Å². The van der Waals surface area contributed by atoms with E-state index in [2.05, 4.69) is 15.6 Å². The van der Waals surface area contributed by atoms with Crippen molar-refractivity contribution < 1.29 is 9.53 Å². The van der Waals surface area contributed by atoms with Gasteiger partial charge in [-0.05, 0) is 29.2 Å². The fraction of sp³-hybridized carbons (Fsp3) is 0.286. The normalized spacial score (nSPS) is 12.0. The molecule has 3 aromatic rings. The molecule has 3 rings (SSSR count). The minimum absolute atomic E-state index is 0.118. The van der Waals surface area contributed by atoms with E-state index in [1.54, 1.807) is 11.8 Å². The van der Waals surface area contributed by atoms with Gasteiger partial charge in [0.1, 0.15) is 12.3 Å². The van der Waals surface area contributed by atoms with Gasteiger partial charge in [0, 0.05) is 6.20 Å². The van der Waals surface area contributed by atoms with Crippen LogP contribution in [0.5, 0.6) is 5.75 Å². The Bertz CT molecular complexity index is 890. The van der Waals surface area contributed by atoms with Crippen molar-refractivity contribution in [3.63, 3.8) is 0 Å². The molecule has 0 aliphatic carbocycles. The minimum atomic E-state index is -0.276. The number of carbonyl (C=O) groups is 1. The number of hydrogen-bond donors (Lipinski definition) is 1. The first-order chi connectivity index (χ1) is 13.1. The molecule has 6 heteroatoms. The second kappa shape index (κ2) is 8.49. The predicted molar refractivity (Wildman–Crippen MR) is 104 cm³/mol. The Morgan fingerprint density at radius 3 is 2.52 bits per heavy atom. The molecule has 0 saturated heterocycles. The van der Waals surface area contributed by atoms with E-state index in [9.17, 15) is 4.79 Å². The topological polar surface area (TPSA) is 69.0 Å². The van der Waals surface area contributed by atoms with Crippen LogP contribution >= 0.6 is 0 Å². The molecule has 0 aliphatic heterocycles. The lowest BCUT2D eigenvalue weighted by molar-refractivity contribution is -0.122. The lowest BCUT2D eigenvalue weighted by Gasteiger charge is -2.20. The standard InChI is InChI=1S/C21H24N4O2/c1-15(2)19-13-25(24-23-19)14-20(26)22-21(16-8-5-4-6-9-16)17-10-7-11-18(12-17)27-3/h4-13,15,21H,14H2,1-3H3,(H,22,26)/t21-/m0/s1. The van der Waals surface area contributed by atoms with E-state index < -0.39 is 0 Å². The summed E-state index contributed by atoms with van der Waals surface area (Å²) in [5.74, 6) is 0.892. The SMILES string of the molecule is COc1cccc([C@@H](NC(=O)Cn2cc(C(C)C)nn2)c2ccccc2)c1. The number of nitrogens with one attached hydrogen (secondary N) is 1. The average molecular weight is 364 g/mol. The minimum Gasteiger partial charge on any atom is -0.497 e. The second-order valence-electron chi connectivity index (χ2n) is 6.68. The Morgan fingerprint density at radius 2 is 1.85 bits per heavy atom. The first kappa shape index (κ1) is 18.6. The van der Waals surface area contributed by atoms with Crippen molar-refractivity contribution in [3.8, 4) is 5.75 Å². The molecule has 140 valence electrons. The van der Waals surface area contributed by atoms with Gasteiger partial charge in [0.05, 0.1) is 18.8 Å². The van der Waals surface area contributed by atoms with E-state index in [1.165, 1.54) is 0 Å². The lowest BCUT2D eigenvalue weighted by Crippen LogP contribution is -2.32. The molecular formula is C21H24N4O2. The van der Waals surface area contributed by atoms with Crippen molar-refractivity contribution in [2.75, 3.05) is 7.11 Å². The third-order valence-corrected chi connectivity index (χ3v) is 4.32. The van der Waals surface area contributed by atoms with Gasteiger partial charge in [-0.25, -0.2) is 4.68 Å². The van der Waals surface area contributed by atoms with Gasteiger partial charge < -0.3 is 10.1 Å². The summed E-state index contributed by atoms with van der Waals surface area (Å²) >= 11 is 0. The summed E-state index contributed by atoms with van der Waals surface area (Å²) in [5.41, 5.74) is 2.83. The average Bonchev–Trinajstić information content (AvgIpc) is 3.15. The maximum absolute atomic E-state index is 12.7. The third kappa shape index (κ3) is 4.73. The van der Waals surface area contributed by atoms with Gasteiger partial charge in [-0.2, -0.15) is 0 Å². The molecule has 0 saturated carbocycles. The summed E-state index contributed by atoms with van der Waals surface area (Å²) in [6.45, 7) is 4.21. The van der Waals surface area contributed by atoms with E-state index in [1.807, 2.05) is 74.6 Å². The molecule has 1 amide bonds. The molecule has 2 aromatic carbocycles. The van der Waals surface area contributed by atoms with Gasteiger partial charge in [-0.15, -0.1) is 5.10 Å². The molecule has 1 N–H and O–H groups in total. The molecule has 1 heterocycles. The van der Waals surface area contributed by atoms with Gasteiger partial charge >= 0.3 is 0 Å². The van der Waals surface area contributed by atoms with Crippen LogP contribution in [0.2, 0.25) is 0 Å². The Hall–Kier alpha value is -3.15. The van der Waals surface area contributed by atoms with Gasteiger partial charge in [0.15, 0.2) is 0 Å². The van der Waals surface area contributed by atoms with Crippen LogP contribution in [0.4, 0.5) is 0 Å². The monoisotopic (exact) mass is 364 g/mol. The van der Waals surface area contributed by atoms with Crippen molar-refractivity contribution >= 4 is 5.91 Å². The van der Waals surface area contributed by atoms with Gasteiger partial charge in [0.2, 0.25) is 5.91 Å². The quantitative estimate of drug-likeness (QED) is 0.698. The van der Waals surface area contributed by atoms with Crippen molar-refractivity contribution in [1.82, 2.24) is 20.3 Å².